The molecule has 0 saturated carbocycles. The van der Waals surface area contributed by atoms with Gasteiger partial charge in [-0.2, -0.15) is 13.2 Å². The van der Waals surface area contributed by atoms with Crippen LogP contribution in [0.2, 0.25) is 5.02 Å². The van der Waals surface area contributed by atoms with Crippen LogP contribution in [-0.4, -0.2) is 38.1 Å². The topological polar surface area (TPSA) is 60.4 Å². The van der Waals surface area contributed by atoms with Crippen molar-refractivity contribution in [1.29, 1.82) is 0 Å². The Labute approximate surface area is 145 Å². The molecule has 0 aliphatic rings. The highest BCUT2D eigenvalue weighted by Crippen LogP contribution is 2.31. The summed E-state index contributed by atoms with van der Waals surface area (Å²) >= 11 is 16.8. The fourth-order valence-corrected chi connectivity index (χ4v) is 3.19. The molecule has 0 unspecified atom stereocenters. The van der Waals surface area contributed by atoms with E-state index < -0.39 is 39.8 Å². The Morgan fingerprint density at radius 1 is 1.30 bits per heavy atom. The molecule has 0 N–H and O–H groups in total. The fraction of sp³-hybridized carbons (Fsp3) is 0.417. The maximum absolute atomic E-state index is 12.1. The van der Waals surface area contributed by atoms with Crippen molar-refractivity contribution in [2.45, 2.75) is 22.5 Å². The number of alkyl halides is 5. The van der Waals surface area contributed by atoms with Crippen LogP contribution in [0.5, 0.6) is 0 Å². The van der Waals surface area contributed by atoms with Crippen LogP contribution in [0.15, 0.2) is 17.0 Å². The highest BCUT2D eigenvalue weighted by molar-refractivity contribution is 7.90. The number of Topliss-reactive ketones (excluding diaryl/α,β-unsaturated/α-hetero) is 1. The van der Waals surface area contributed by atoms with E-state index in [0.717, 1.165) is 18.4 Å². The maximum atomic E-state index is 12.1. The Kier molecular flexibility index (Phi) is 6.74. The third kappa shape index (κ3) is 5.79. The van der Waals surface area contributed by atoms with Crippen molar-refractivity contribution in [1.82, 2.24) is 0 Å². The molecule has 4 nitrogen and oxygen atoms in total. The van der Waals surface area contributed by atoms with Crippen LogP contribution in [0.4, 0.5) is 13.2 Å². The monoisotopic (exact) mass is 412 g/mol. The Hall–Kier alpha value is -0.540. The van der Waals surface area contributed by atoms with Crippen molar-refractivity contribution in [3.63, 3.8) is 0 Å². The Morgan fingerprint density at radius 3 is 2.30 bits per heavy atom. The van der Waals surface area contributed by atoms with Crippen molar-refractivity contribution in [3.05, 3.63) is 28.3 Å². The number of hydrogen-bond acceptors (Lipinski definition) is 4. The molecule has 0 fully saturated rings. The van der Waals surface area contributed by atoms with Gasteiger partial charge < -0.3 is 4.74 Å². The molecule has 0 heterocycles. The van der Waals surface area contributed by atoms with Gasteiger partial charge in [0.2, 0.25) is 0 Å². The van der Waals surface area contributed by atoms with Gasteiger partial charge in [-0.15, -0.1) is 0 Å². The first-order valence-corrected chi connectivity index (χ1v) is 8.97. The Balaban J connectivity index is 3.31. The zero-order chi connectivity index (χ0) is 18.0. The molecule has 0 radical (unpaired) electrons. The molecule has 0 amide bonds. The van der Waals surface area contributed by atoms with Gasteiger partial charge in [-0.25, -0.2) is 8.42 Å². The maximum Gasteiger partial charge on any atom is 0.411 e. The largest absolute Gasteiger partial charge is 0.411 e. The highest BCUT2D eigenvalue weighted by Gasteiger charge is 2.29. The molecule has 0 atom stereocenters. The minimum Gasteiger partial charge on any atom is -0.367 e. The number of ether oxygens (including phenoxy) is 1. The van der Waals surface area contributed by atoms with Gasteiger partial charge in [-0.3, -0.25) is 4.79 Å². The second-order valence-corrected chi connectivity index (χ2v) is 7.91. The molecule has 1 aromatic carbocycles. The lowest BCUT2D eigenvalue weighted by molar-refractivity contribution is -0.176. The van der Waals surface area contributed by atoms with Crippen LogP contribution in [0, 0.1) is 0 Å². The second kappa shape index (κ2) is 7.57. The van der Waals surface area contributed by atoms with Gasteiger partial charge in [0.25, 0.3) is 0 Å². The lowest BCUT2D eigenvalue weighted by Gasteiger charge is -2.15. The molecule has 0 aliphatic heterocycles. The summed E-state index contributed by atoms with van der Waals surface area (Å²) in [5.41, 5.74) is -0.474. The Morgan fingerprint density at radius 2 is 1.87 bits per heavy atom. The summed E-state index contributed by atoms with van der Waals surface area (Å²) in [6.07, 6.45) is -3.75. The summed E-state index contributed by atoms with van der Waals surface area (Å²) in [7, 11) is -3.81. The number of ketones is 1. The van der Waals surface area contributed by atoms with Crippen LogP contribution in [-0.2, 0) is 21.2 Å². The SMILES string of the molecule is CS(=O)(=O)c1ccc(C(=O)C(Cl)Cl)c(Cl)c1COCC(F)(F)F. The van der Waals surface area contributed by atoms with Crippen LogP contribution in [0.3, 0.4) is 0 Å². The number of hydrogen-bond donors (Lipinski definition) is 0. The molecule has 1 aromatic rings. The number of halogens is 6. The number of rotatable bonds is 6. The fourth-order valence-electron chi connectivity index (χ4n) is 1.66. The molecule has 0 aromatic heterocycles. The van der Waals surface area contributed by atoms with Gasteiger partial charge in [0.15, 0.2) is 20.5 Å². The van der Waals surface area contributed by atoms with Crippen LogP contribution < -0.4 is 0 Å². The van der Waals surface area contributed by atoms with Crippen molar-refractivity contribution in [3.8, 4) is 0 Å². The summed E-state index contributed by atoms with van der Waals surface area (Å²) in [6, 6.07) is 2.13. The average molecular weight is 414 g/mol. The summed E-state index contributed by atoms with van der Waals surface area (Å²) < 4.78 is 64.3. The zero-order valence-corrected chi connectivity index (χ0v) is 14.5. The van der Waals surface area contributed by atoms with E-state index in [1.807, 2.05) is 0 Å². The van der Waals surface area contributed by atoms with E-state index in [-0.39, 0.29) is 21.0 Å². The predicted octanol–water partition coefficient (Wildman–Crippen LogP) is 3.81. The van der Waals surface area contributed by atoms with Crippen LogP contribution >= 0.6 is 34.8 Å². The van der Waals surface area contributed by atoms with Gasteiger partial charge in [0, 0.05) is 17.4 Å². The quantitative estimate of drug-likeness (QED) is 0.526. The summed E-state index contributed by atoms with van der Waals surface area (Å²) in [5, 5.41) is -0.369. The third-order valence-electron chi connectivity index (χ3n) is 2.58. The molecular weight excluding hydrogens is 404 g/mol. The first-order valence-electron chi connectivity index (χ1n) is 5.83. The Bertz CT molecular complexity index is 702. The van der Waals surface area contributed by atoms with Gasteiger partial charge >= 0.3 is 6.18 Å². The number of carbonyl (C=O) groups is 1. The molecule has 0 bridgehead atoms. The highest BCUT2D eigenvalue weighted by atomic mass is 35.5. The molecule has 23 heavy (non-hydrogen) atoms. The van der Waals surface area contributed by atoms with E-state index in [9.17, 15) is 26.4 Å². The average Bonchev–Trinajstić information content (AvgIpc) is 2.36. The number of benzene rings is 1. The molecule has 0 saturated heterocycles. The van der Waals surface area contributed by atoms with Crippen molar-refractivity contribution >= 4 is 50.4 Å². The first-order chi connectivity index (χ1) is 10.3. The van der Waals surface area contributed by atoms with E-state index in [2.05, 4.69) is 4.74 Å². The second-order valence-electron chi connectivity index (χ2n) is 4.45. The lowest BCUT2D eigenvalue weighted by atomic mass is 10.1. The van der Waals surface area contributed by atoms with Crippen molar-refractivity contribution in [2.75, 3.05) is 12.9 Å². The molecule has 11 heteroatoms. The van der Waals surface area contributed by atoms with Gasteiger partial charge in [-0.1, -0.05) is 34.8 Å². The minimum absolute atomic E-state index is 0.209. The zero-order valence-electron chi connectivity index (χ0n) is 11.5. The summed E-state index contributed by atoms with van der Waals surface area (Å²) in [4.78, 5) is 9.99. The van der Waals surface area contributed by atoms with Crippen molar-refractivity contribution < 1.29 is 31.1 Å². The summed E-state index contributed by atoms with van der Waals surface area (Å²) in [5.74, 6) is -0.810. The molecule has 0 spiro atoms. The minimum atomic E-state index is -4.59. The van der Waals surface area contributed by atoms with Gasteiger partial charge in [0.1, 0.15) is 6.61 Å². The molecule has 130 valence electrons. The molecule has 0 aliphatic carbocycles. The molecule has 1 rings (SSSR count). The van der Waals surface area contributed by atoms with E-state index >= 15 is 0 Å². The number of carbonyl (C=O) groups excluding carboxylic acids is 1. The standard InChI is InChI=1S/C12H10Cl3F3O4S/c1-23(20,21)8-3-2-6(10(19)11(14)15)9(13)7(8)4-22-5-12(16,17)18/h2-3,11H,4-5H2,1H3. The van der Waals surface area contributed by atoms with Gasteiger partial charge in [0.05, 0.1) is 16.5 Å². The number of sulfone groups is 1. The van der Waals surface area contributed by atoms with E-state index in [1.54, 1.807) is 0 Å². The smallest absolute Gasteiger partial charge is 0.367 e. The van der Waals surface area contributed by atoms with E-state index in [4.69, 9.17) is 34.8 Å². The van der Waals surface area contributed by atoms with E-state index in [0.29, 0.717) is 0 Å². The predicted molar refractivity (Wildman–Crippen MR) is 80.1 cm³/mol. The van der Waals surface area contributed by atoms with Crippen LogP contribution in [0.25, 0.3) is 0 Å². The molecular formula is C12H10Cl3F3O4S. The first kappa shape index (κ1) is 20.5. The normalized spacial score (nSPS) is 12.7. The van der Waals surface area contributed by atoms with E-state index in [1.165, 1.54) is 0 Å². The van der Waals surface area contributed by atoms with Crippen molar-refractivity contribution in [2.24, 2.45) is 0 Å². The summed E-state index contributed by atoms with van der Waals surface area (Å²) in [6.45, 7) is -2.35. The van der Waals surface area contributed by atoms with Crippen LogP contribution in [0.1, 0.15) is 15.9 Å². The van der Waals surface area contributed by atoms with Gasteiger partial charge in [-0.05, 0) is 12.1 Å². The lowest BCUT2D eigenvalue weighted by Crippen LogP contribution is -2.18. The third-order valence-corrected chi connectivity index (χ3v) is 4.59.